The molecule has 0 saturated heterocycles. The highest BCUT2D eigenvalue weighted by atomic mass is 16.7. The lowest BCUT2D eigenvalue weighted by Crippen LogP contribution is -2.40. The van der Waals surface area contributed by atoms with Gasteiger partial charge in [0, 0.05) is 16.8 Å². The zero-order valence-electron chi connectivity index (χ0n) is 16.3. The number of nitrogens with two attached hydrogens (primary N) is 1. The van der Waals surface area contributed by atoms with Crippen molar-refractivity contribution in [1.82, 2.24) is 9.91 Å². The van der Waals surface area contributed by atoms with E-state index in [4.69, 9.17) is 20.3 Å². The number of amides is 1. The number of rotatable bonds is 3. The molecule has 2 aliphatic rings. The smallest absolute Gasteiger partial charge is 0.257 e. The van der Waals surface area contributed by atoms with Crippen LogP contribution in [0.15, 0.2) is 41.5 Å². The molecule has 2 N–H and O–H groups in total. The van der Waals surface area contributed by atoms with Gasteiger partial charge in [-0.05, 0) is 57.3 Å². The highest BCUT2D eigenvalue weighted by molar-refractivity contribution is 6.14. The Morgan fingerprint density at radius 2 is 1.89 bits per heavy atom. The van der Waals surface area contributed by atoms with E-state index < -0.39 is 0 Å². The monoisotopic (exact) mass is 380 g/mol. The summed E-state index contributed by atoms with van der Waals surface area (Å²) in [6.07, 6.45) is 0.674. The van der Waals surface area contributed by atoms with E-state index in [1.54, 1.807) is 5.01 Å². The summed E-state index contributed by atoms with van der Waals surface area (Å²) in [6.45, 7) is 2.52. The molecule has 2 aromatic rings. The lowest BCUT2D eigenvalue weighted by Gasteiger charge is -2.24. The SMILES string of the molecule is CC1Cc2cc3c(cc2C(c2ccc(N)cc2)=NN1C(=O)CN(C)C)OCO3. The first-order valence-electron chi connectivity index (χ1n) is 9.26. The van der Waals surface area contributed by atoms with Crippen molar-refractivity contribution < 1.29 is 14.3 Å². The standard InChI is InChI=1S/C21H24N4O3/c1-13-8-15-9-18-19(28-12-27-18)10-17(15)21(14-4-6-16(22)7-5-14)23-25(13)20(26)11-24(2)3/h4-7,9-10,13H,8,11-12,22H2,1-3H3. The zero-order chi connectivity index (χ0) is 19.8. The molecule has 0 spiro atoms. The predicted octanol–water partition coefficient (Wildman–Crippen LogP) is 2.08. The molecule has 28 heavy (non-hydrogen) atoms. The van der Waals surface area contributed by atoms with Crippen molar-refractivity contribution in [2.24, 2.45) is 5.10 Å². The van der Waals surface area contributed by atoms with Crippen molar-refractivity contribution in [1.29, 1.82) is 0 Å². The number of likely N-dealkylation sites (N-methyl/N-ethyl adjacent to an activating group) is 1. The second-order valence-electron chi connectivity index (χ2n) is 7.46. The van der Waals surface area contributed by atoms with E-state index in [1.807, 2.05) is 62.3 Å². The van der Waals surface area contributed by atoms with Crippen LogP contribution in [0.4, 0.5) is 5.69 Å². The van der Waals surface area contributed by atoms with Crippen molar-refractivity contribution in [3.05, 3.63) is 53.1 Å². The third kappa shape index (κ3) is 3.41. The summed E-state index contributed by atoms with van der Waals surface area (Å²) in [6, 6.07) is 11.4. The number of nitrogens with zero attached hydrogens (tertiary/aromatic N) is 3. The zero-order valence-corrected chi connectivity index (χ0v) is 16.3. The molecule has 2 aromatic carbocycles. The van der Waals surface area contributed by atoms with Gasteiger partial charge in [-0.3, -0.25) is 4.79 Å². The number of fused-ring (bicyclic) bond motifs is 2. The van der Waals surface area contributed by atoms with Gasteiger partial charge in [-0.15, -0.1) is 0 Å². The maximum absolute atomic E-state index is 12.9. The lowest BCUT2D eigenvalue weighted by molar-refractivity contribution is -0.133. The summed E-state index contributed by atoms with van der Waals surface area (Å²) < 4.78 is 11.1. The van der Waals surface area contributed by atoms with Gasteiger partial charge in [-0.1, -0.05) is 12.1 Å². The van der Waals surface area contributed by atoms with Crippen LogP contribution in [-0.4, -0.2) is 55.0 Å². The molecule has 146 valence electrons. The first kappa shape index (κ1) is 18.3. The van der Waals surface area contributed by atoms with Crippen molar-refractivity contribution in [2.45, 2.75) is 19.4 Å². The van der Waals surface area contributed by atoms with Crippen molar-refractivity contribution in [3.8, 4) is 11.5 Å². The number of ether oxygens (including phenoxy) is 2. The Kier molecular flexibility index (Phi) is 4.68. The molecule has 0 radical (unpaired) electrons. The molecule has 1 unspecified atom stereocenters. The predicted molar refractivity (Wildman–Crippen MR) is 108 cm³/mol. The molecular formula is C21H24N4O3. The van der Waals surface area contributed by atoms with Gasteiger partial charge >= 0.3 is 0 Å². The van der Waals surface area contributed by atoms with Crippen LogP contribution in [0.3, 0.4) is 0 Å². The van der Waals surface area contributed by atoms with Gasteiger partial charge < -0.3 is 20.1 Å². The first-order valence-corrected chi connectivity index (χ1v) is 9.26. The molecule has 7 heteroatoms. The number of carbonyl (C=O) groups is 1. The quantitative estimate of drug-likeness (QED) is 0.825. The average Bonchev–Trinajstić information content (AvgIpc) is 3.04. The number of benzene rings is 2. The van der Waals surface area contributed by atoms with E-state index >= 15 is 0 Å². The number of anilines is 1. The molecule has 4 rings (SSSR count). The fourth-order valence-electron chi connectivity index (χ4n) is 3.54. The number of carbonyl (C=O) groups excluding carboxylic acids is 1. The number of nitrogen functional groups attached to an aromatic ring is 1. The minimum absolute atomic E-state index is 0.0432. The van der Waals surface area contributed by atoms with Crippen molar-refractivity contribution in [2.75, 3.05) is 33.2 Å². The minimum Gasteiger partial charge on any atom is -0.454 e. The third-order valence-electron chi connectivity index (χ3n) is 4.89. The third-order valence-corrected chi connectivity index (χ3v) is 4.89. The summed E-state index contributed by atoms with van der Waals surface area (Å²) in [5.41, 5.74) is 10.2. The Morgan fingerprint density at radius 1 is 1.21 bits per heavy atom. The van der Waals surface area contributed by atoms with E-state index in [1.165, 1.54) is 0 Å². The van der Waals surface area contributed by atoms with Gasteiger partial charge in [0.2, 0.25) is 6.79 Å². The summed E-state index contributed by atoms with van der Waals surface area (Å²) in [5, 5.41) is 6.41. The van der Waals surface area contributed by atoms with Crippen LogP contribution in [-0.2, 0) is 11.2 Å². The van der Waals surface area contributed by atoms with Crippen LogP contribution in [0.2, 0.25) is 0 Å². The Balaban J connectivity index is 1.85. The number of hydrogen-bond acceptors (Lipinski definition) is 6. The van der Waals surface area contributed by atoms with Crippen molar-refractivity contribution in [3.63, 3.8) is 0 Å². The van der Waals surface area contributed by atoms with Crippen LogP contribution >= 0.6 is 0 Å². The summed E-state index contributed by atoms with van der Waals surface area (Å²) in [7, 11) is 3.75. The molecule has 0 saturated carbocycles. The summed E-state index contributed by atoms with van der Waals surface area (Å²) >= 11 is 0. The first-order chi connectivity index (χ1) is 13.4. The Hall–Kier alpha value is -3.06. The molecule has 0 fully saturated rings. The van der Waals surface area contributed by atoms with Gasteiger partial charge in [0.05, 0.1) is 18.3 Å². The molecule has 0 bridgehead atoms. The van der Waals surface area contributed by atoms with Crippen LogP contribution in [0, 0.1) is 0 Å². The van der Waals surface area contributed by atoms with Crippen LogP contribution in [0.25, 0.3) is 0 Å². The highest BCUT2D eigenvalue weighted by Gasteiger charge is 2.29. The van der Waals surface area contributed by atoms with Gasteiger partial charge in [0.1, 0.15) is 0 Å². The second kappa shape index (κ2) is 7.16. The topological polar surface area (TPSA) is 80.4 Å². The maximum Gasteiger partial charge on any atom is 0.257 e. The molecule has 1 atom stereocenters. The van der Waals surface area contributed by atoms with Crippen molar-refractivity contribution >= 4 is 17.3 Å². The molecule has 0 aromatic heterocycles. The van der Waals surface area contributed by atoms with E-state index in [0.29, 0.717) is 24.4 Å². The number of hydrogen-bond donors (Lipinski definition) is 1. The summed E-state index contributed by atoms with van der Waals surface area (Å²) in [5.74, 6) is 1.39. The van der Waals surface area contributed by atoms with Crippen LogP contribution < -0.4 is 15.2 Å². The van der Waals surface area contributed by atoms with E-state index in [0.717, 1.165) is 28.2 Å². The Bertz CT molecular complexity index is 937. The molecule has 2 aliphatic heterocycles. The van der Waals surface area contributed by atoms with Gasteiger partial charge in [0.25, 0.3) is 5.91 Å². The summed E-state index contributed by atoms with van der Waals surface area (Å²) in [4.78, 5) is 14.7. The Morgan fingerprint density at radius 3 is 2.57 bits per heavy atom. The highest BCUT2D eigenvalue weighted by Crippen LogP contribution is 2.37. The van der Waals surface area contributed by atoms with Gasteiger partial charge in [0.15, 0.2) is 11.5 Å². The maximum atomic E-state index is 12.9. The molecular weight excluding hydrogens is 356 g/mol. The van der Waals surface area contributed by atoms with Gasteiger partial charge in [-0.2, -0.15) is 5.10 Å². The molecule has 2 heterocycles. The average molecular weight is 380 g/mol. The fourth-order valence-corrected chi connectivity index (χ4v) is 3.54. The lowest BCUT2D eigenvalue weighted by atomic mass is 9.94. The molecule has 0 aliphatic carbocycles. The number of hydrazone groups is 1. The van der Waals surface area contributed by atoms with Crippen LogP contribution in [0.1, 0.15) is 23.6 Å². The molecule has 7 nitrogen and oxygen atoms in total. The van der Waals surface area contributed by atoms with Crippen LogP contribution in [0.5, 0.6) is 11.5 Å². The second-order valence-corrected chi connectivity index (χ2v) is 7.46. The van der Waals surface area contributed by atoms with E-state index in [-0.39, 0.29) is 18.7 Å². The largest absolute Gasteiger partial charge is 0.454 e. The minimum atomic E-state index is -0.0853. The Labute approximate surface area is 164 Å². The van der Waals surface area contributed by atoms with E-state index in [9.17, 15) is 4.79 Å². The fraction of sp³-hybridized carbons (Fsp3) is 0.333. The van der Waals surface area contributed by atoms with E-state index in [2.05, 4.69) is 0 Å². The van der Waals surface area contributed by atoms with Gasteiger partial charge in [-0.25, -0.2) is 5.01 Å². The normalized spacial score (nSPS) is 17.9. The molecule has 1 amide bonds.